The van der Waals surface area contributed by atoms with Gasteiger partial charge in [0.25, 0.3) is 0 Å². The van der Waals surface area contributed by atoms with E-state index in [1.54, 1.807) is 0 Å². The minimum absolute atomic E-state index is 0.220. The van der Waals surface area contributed by atoms with Crippen molar-refractivity contribution in [1.29, 1.82) is 0 Å². The van der Waals surface area contributed by atoms with E-state index < -0.39 is 0 Å². The second kappa shape index (κ2) is 5.31. The molecule has 4 nitrogen and oxygen atoms in total. The van der Waals surface area contributed by atoms with Crippen molar-refractivity contribution >= 4 is 5.69 Å². The van der Waals surface area contributed by atoms with E-state index in [1.165, 1.54) is 17.8 Å². The van der Waals surface area contributed by atoms with Crippen LogP contribution in [0.3, 0.4) is 0 Å². The first kappa shape index (κ1) is 13.4. The summed E-state index contributed by atoms with van der Waals surface area (Å²) >= 11 is 0. The molecule has 0 aliphatic carbocycles. The van der Waals surface area contributed by atoms with E-state index in [9.17, 15) is 0 Å². The van der Waals surface area contributed by atoms with Gasteiger partial charge in [-0.25, -0.2) is 0 Å². The summed E-state index contributed by atoms with van der Waals surface area (Å²) in [7, 11) is 2.01. The van der Waals surface area contributed by atoms with Crippen molar-refractivity contribution in [2.24, 2.45) is 7.05 Å². The van der Waals surface area contributed by atoms with Crippen LogP contribution in [0.2, 0.25) is 0 Å². The first-order valence-electron chi connectivity index (χ1n) is 7.10. The second-order valence-electron chi connectivity index (χ2n) is 5.60. The Morgan fingerprint density at radius 3 is 2.89 bits per heavy atom. The Hall–Kier alpha value is -1.03. The number of rotatable bonds is 3. The van der Waals surface area contributed by atoms with E-state index in [0.717, 1.165) is 32.5 Å². The highest BCUT2D eigenvalue weighted by Crippen LogP contribution is 2.24. The van der Waals surface area contributed by atoms with E-state index in [1.807, 2.05) is 11.7 Å². The van der Waals surface area contributed by atoms with Crippen LogP contribution in [0.5, 0.6) is 0 Å². The van der Waals surface area contributed by atoms with Gasteiger partial charge in [0.1, 0.15) is 0 Å². The van der Waals surface area contributed by atoms with Gasteiger partial charge in [-0.1, -0.05) is 13.8 Å². The van der Waals surface area contributed by atoms with Gasteiger partial charge in [0.05, 0.1) is 11.4 Å². The SMILES string of the molecule is CCc1nn(C)cc1N1CCCNC(C)(CC)C1. The topological polar surface area (TPSA) is 33.1 Å². The van der Waals surface area contributed by atoms with Crippen LogP contribution < -0.4 is 10.2 Å². The summed E-state index contributed by atoms with van der Waals surface area (Å²) in [5.74, 6) is 0. The number of nitrogens with one attached hydrogen (secondary N) is 1. The van der Waals surface area contributed by atoms with E-state index in [2.05, 4.69) is 42.3 Å². The number of anilines is 1. The van der Waals surface area contributed by atoms with E-state index >= 15 is 0 Å². The lowest BCUT2D eigenvalue weighted by molar-refractivity contribution is 0.366. The number of aryl methyl sites for hydroxylation is 2. The molecule has 18 heavy (non-hydrogen) atoms. The van der Waals surface area contributed by atoms with Gasteiger partial charge >= 0.3 is 0 Å². The number of hydrogen-bond donors (Lipinski definition) is 1. The van der Waals surface area contributed by atoms with Gasteiger partial charge in [0, 0.05) is 31.9 Å². The molecule has 1 aliphatic rings. The zero-order valence-corrected chi connectivity index (χ0v) is 12.2. The zero-order chi connectivity index (χ0) is 13.2. The summed E-state index contributed by atoms with van der Waals surface area (Å²) in [5.41, 5.74) is 2.76. The normalized spacial score (nSPS) is 25.2. The molecule has 102 valence electrons. The fourth-order valence-electron chi connectivity index (χ4n) is 2.70. The molecule has 1 N–H and O–H groups in total. The Kier molecular flexibility index (Phi) is 3.95. The Morgan fingerprint density at radius 2 is 2.22 bits per heavy atom. The summed E-state index contributed by atoms with van der Waals surface area (Å²) in [6.07, 6.45) is 5.53. The maximum absolute atomic E-state index is 4.56. The van der Waals surface area contributed by atoms with E-state index in [0.29, 0.717) is 0 Å². The average molecular weight is 250 g/mol. The molecule has 1 aromatic rings. The molecule has 0 radical (unpaired) electrons. The molecule has 1 fully saturated rings. The van der Waals surface area contributed by atoms with Gasteiger partial charge in [-0.2, -0.15) is 5.10 Å². The molecule has 1 saturated heterocycles. The van der Waals surface area contributed by atoms with Crippen LogP contribution in [0, 0.1) is 0 Å². The van der Waals surface area contributed by atoms with Gasteiger partial charge in [0.15, 0.2) is 0 Å². The van der Waals surface area contributed by atoms with Crippen molar-refractivity contribution in [2.45, 2.75) is 45.6 Å². The monoisotopic (exact) mass is 250 g/mol. The maximum Gasteiger partial charge on any atom is 0.0855 e. The Morgan fingerprint density at radius 1 is 1.44 bits per heavy atom. The highest BCUT2D eigenvalue weighted by molar-refractivity contribution is 5.50. The predicted octanol–water partition coefficient (Wildman–Crippen LogP) is 1.95. The van der Waals surface area contributed by atoms with Crippen molar-refractivity contribution in [3.8, 4) is 0 Å². The third-order valence-electron chi connectivity index (χ3n) is 4.04. The molecule has 2 heterocycles. The Balaban J connectivity index is 2.25. The second-order valence-corrected chi connectivity index (χ2v) is 5.60. The predicted molar refractivity (Wildman–Crippen MR) is 76.1 cm³/mol. The van der Waals surface area contributed by atoms with Gasteiger partial charge in [0.2, 0.25) is 0 Å². The van der Waals surface area contributed by atoms with Gasteiger partial charge < -0.3 is 10.2 Å². The summed E-state index contributed by atoms with van der Waals surface area (Å²) < 4.78 is 1.94. The summed E-state index contributed by atoms with van der Waals surface area (Å²) in [6.45, 7) is 10.1. The molecule has 1 aliphatic heterocycles. The largest absolute Gasteiger partial charge is 0.367 e. The standard InChI is InChI=1S/C14H26N4/c1-5-12-13(10-17(4)16-12)18-9-7-8-15-14(3,6-2)11-18/h10,15H,5-9,11H2,1-4H3. The van der Waals surface area contributed by atoms with Crippen LogP contribution in [0.1, 0.15) is 39.3 Å². The molecule has 1 atom stereocenters. The third kappa shape index (κ3) is 2.69. The molecular weight excluding hydrogens is 224 g/mol. The highest BCUT2D eigenvalue weighted by atomic mass is 15.3. The van der Waals surface area contributed by atoms with Crippen molar-refractivity contribution in [3.05, 3.63) is 11.9 Å². The lowest BCUT2D eigenvalue weighted by Gasteiger charge is -2.33. The van der Waals surface area contributed by atoms with Gasteiger partial charge in [-0.05, 0) is 32.7 Å². The molecule has 0 saturated carbocycles. The third-order valence-corrected chi connectivity index (χ3v) is 4.04. The summed E-state index contributed by atoms with van der Waals surface area (Å²) in [5, 5.41) is 8.25. The molecule has 0 aromatic carbocycles. The molecule has 2 rings (SSSR count). The van der Waals surface area contributed by atoms with Crippen LogP contribution in [0.25, 0.3) is 0 Å². The van der Waals surface area contributed by atoms with Crippen LogP contribution in [-0.4, -0.2) is 35.0 Å². The minimum atomic E-state index is 0.220. The number of hydrogen-bond acceptors (Lipinski definition) is 3. The first-order chi connectivity index (χ1) is 8.58. The fourth-order valence-corrected chi connectivity index (χ4v) is 2.70. The first-order valence-corrected chi connectivity index (χ1v) is 7.10. The highest BCUT2D eigenvalue weighted by Gasteiger charge is 2.28. The smallest absolute Gasteiger partial charge is 0.0855 e. The Bertz CT molecular complexity index is 398. The number of nitrogens with zero attached hydrogens (tertiary/aromatic N) is 3. The van der Waals surface area contributed by atoms with Crippen molar-refractivity contribution in [3.63, 3.8) is 0 Å². The minimum Gasteiger partial charge on any atom is -0.367 e. The summed E-state index contributed by atoms with van der Waals surface area (Å²) in [6, 6.07) is 0. The lowest BCUT2D eigenvalue weighted by Crippen LogP contribution is -2.48. The molecule has 0 bridgehead atoms. The average Bonchev–Trinajstić information content (AvgIpc) is 2.62. The van der Waals surface area contributed by atoms with Gasteiger partial charge in [-0.3, -0.25) is 4.68 Å². The molecular formula is C14H26N4. The number of aromatic nitrogens is 2. The van der Waals surface area contributed by atoms with Crippen LogP contribution >= 0.6 is 0 Å². The van der Waals surface area contributed by atoms with Gasteiger partial charge in [-0.15, -0.1) is 0 Å². The van der Waals surface area contributed by atoms with Crippen molar-refractivity contribution in [1.82, 2.24) is 15.1 Å². The fraction of sp³-hybridized carbons (Fsp3) is 0.786. The quantitative estimate of drug-likeness (QED) is 0.890. The molecule has 0 amide bonds. The molecule has 1 unspecified atom stereocenters. The molecule has 4 heteroatoms. The van der Waals surface area contributed by atoms with Crippen LogP contribution in [0.15, 0.2) is 6.20 Å². The van der Waals surface area contributed by atoms with Crippen molar-refractivity contribution < 1.29 is 0 Å². The Labute approximate surface area is 110 Å². The molecule has 0 spiro atoms. The lowest BCUT2D eigenvalue weighted by atomic mass is 9.98. The maximum atomic E-state index is 4.56. The zero-order valence-electron chi connectivity index (χ0n) is 12.2. The van der Waals surface area contributed by atoms with E-state index in [-0.39, 0.29) is 5.54 Å². The molecule has 1 aromatic heterocycles. The van der Waals surface area contributed by atoms with Crippen molar-refractivity contribution in [2.75, 3.05) is 24.5 Å². The summed E-state index contributed by atoms with van der Waals surface area (Å²) in [4.78, 5) is 2.51. The van der Waals surface area contributed by atoms with E-state index in [4.69, 9.17) is 0 Å². The van der Waals surface area contributed by atoms with Crippen LogP contribution in [0.4, 0.5) is 5.69 Å². The van der Waals surface area contributed by atoms with Crippen LogP contribution in [-0.2, 0) is 13.5 Å².